The predicted molar refractivity (Wildman–Crippen MR) is 170 cm³/mol. The molecular formula is C29H24BrCl2N5O6S. The van der Waals surface area contributed by atoms with Gasteiger partial charge in [0.1, 0.15) is 11.5 Å². The number of furan rings is 1. The molecular weight excluding hydrogens is 697 g/mol. The summed E-state index contributed by atoms with van der Waals surface area (Å²) < 4.78 is 34.0. The van der Waals surface area contributed by atoms with E-state index in [0.717, 1.165) is 4.31 Å². The van der Waals surface area contributed by atoms with E-state index >= 15 is 0 Å². The van der Waals surface area contributed by atoms with Crippen molar-refractivity contribution in [3.8, 4) is 0 Å². The third kappa shape index (κ3) is 9.49. The normalized spacial score (nSPS) is 11.5. The Kier molecular flexibility index (Phi) is 11.3. The molecule has 1 aromatic heterocycles. The number of amides is 3. The second-order valence-corrected chi connectivity index (χ2v) is 12.8. The number of benzene rings is 3. The van der Waals surface area contributed by atoms with Gasteiger partial charge in [-0.25, -0.2) is 13.8 Å². The van der Waals surface area contributed by atoms with E-state index in [1.165, 1.54) is 42.6 Å². The van der Waals surface area contributed by atoms with Gasteiger partial charge in [0.2, 0.25) is 10.0 Å². The molecule has 0 bridgehead atoms. The van der Waals surface area contributed by atoms with Gasteiger partial charge in [-0.15, -0.1) is 0 Å². The summed E-state index contributed by atoms with van der Waals surface area (Å²) in [5.74, 6) is -1.99. The van der Waals surface area contributed by atoms with E-state index in [1.807, 2.05) is 6.07 Å². The highest BCUT2D eigenvalue weighted by Crippen LogP contribution is 2.23. The quantitative estimate of drug-likeness (QED) is 0.113. The van der Waals surface area contributed by atoms with Crippen molar-refractivity contribution in [2.75, 3.05) is 11.9 Å². The Morgan fingerprint density at radius 2 is 1.59 bits per heavy atom. The van der Waals surface area contributed by atoms with Gasteiger partial charge in [-0.05, 0) is 60.2 Å². The Hall–Kier alpha value is -4.01. The molecule has 3 amide bonds. The Morgan fingerprint density at radius 3 is 2.27 bits per heavy atom. The summed E-state index contributed by atoms with van der Waals surface area (Å²) in [5, 5.41) is 9.25. The average molecular weight is 721 g/mol. The third-order valence-corrected chi connectivity index (χ3v) is 8.56. The molecule has 44 heavy (non-hydrogen) atoms. The van der Waals surface area contributed by atoms with Crippen LogP contribution < -0.4 is 16.1 Å². The summed E-state index contributed by atoms with van der Waals surface area (Å²) >= 11 is 15.1. The highest BCUT2D eigenvalue weighted by molar-refractivity contribution is 9.10. The van der Waals surface area contributed by atoms with Gasteiger partial charge in [0.15, 0.2) is 0 Å². The maximum Gasteiger partial charge on any atom is 0.313 e. The van der Waals surface area contributed by atoms with Crippen LogP contribution in [0.5, 0.6) is 0 Å². The molecule has 1 heterocycles. The van der Waals surface area contributed by atoms with Crippen molar-refractivity contribution in [2.45, 2.75) is 18.0 Å². The number of carbonyl (C=O) groups excluding carboxylic acids is 3. The lowest BCUT2D eigenvalue weighted by molar-refractivity contribution is -0.136. The summed E-state index contributed by atoms with van der Waals surface area (Å²) in [6, 6.07) is 22.4. The summed E-state index contributed by atoms with van der Waals surface area (Å²) in [6.07, 6.45) is 1.21. The van der Waals surface area contributed by atoms with Crippen LogP contribution in [0.3, 0.4) is 0 Å². The monoisotopic (exact) mass is 719 g/mol. The number of nitrogens with zero attached hydrogens (tertiary/aromatic N) is 2. The number of halogens is 3. The van der Waals surface area contributed by atoms with Gasteiger partial charge in [0, 0.05) is 26.8 Å². The highest BCUT2D eigenvalue weighted by atomic mass is 79.9. The second-order valence-electron chi connectivity index (χ2n) is 9.10. The van der Waals surface area contributed by atoms with Crippen molar-refractivity contribution < 1.29 is 27.2 Å². The molecule has 0 aliphatic heterocycles. The first-order chi connectivity index (χ1) is 21.0. The molecule has 3 N–H and O–H groups in total. The fourth-order valence-electron chi connectivity index (χ4n) is 3.75. The molecule has 15 heteroatoms. The fourth-order valence-corrected chi connectivity index (χ4v) is 5.93. The zero-order chi connectivity index (χ0) is 31.7. The van der Waals surface area contributed by atoms with Crippen LogP contribution in [0, 0.1) is 0 Å². The van der Waals surface area contributed by atoms with Crippen LogP contribution in [-0.4, -0.2) is 43.2 Å². The topological polar surface area (TPSA) is 150 Å². The van der Waals surface area contributed by atoms with E-state index in [4.69, 9.17) is 27.6 Å². The number of hydrogen-bond acceptors (Lipinski definition) is 7. The van der Waals surface area contributed by atoms with Gasteiger partial charge in [-0.2, -0.15) is 9.41 Å². The van der Waals surface area contributed by atoms with Crippen molar-refractivity contribution >= 4 is 78.8 Å². The van der Waals surface area contributed by atoms with E-state index < -0.39 is 34.3 Å². The molecule has 11 nitrogen and oxygen atoms in total. The minimum Gasteiger partial charge on any atom is -0.458 e. The minimum atomic E-state index is -4.02. The number of rotatable bonds is 11. The van der Waals surface area contributed by atoms with Crippen LogP contribution in [-0.2, 0) is 37.5 Å². The van der Waals surface area contributed by atoms with Crippen LogP contribution in [0.1, 0.15) is 17.1 Å². The van der Waals surface area contributed by atoms with E-state index in [2.05, 4.69) is 37.1 Å². The highest BCUT2D eigenvalue weighted by Gasteiger charge is 2.27. The molecule has 0 aliphatic carbocycles. The van der Waals surface area contributed by atoms with Crippen LogP contribution in [0.15, 0.2) is 104 Å². The molecule has 3 aromatic carbocycles. The van der Waals surface area contributed by atoms with Crippen molar-refractivity contribution in [1.82, 2.24) is 15.0 Å². The van der Waals surface area contributed by atoms with Crippen molar-refractivity contribution in [1.29, 1.82) is 0 Å². The summed E-state index contributed by atoms with van der Waals surface area (Å²) in [6.45, 7) is -0.636. The van der Waals surface area contributed by atoms with E-state index in [-0.39, 0.29) is 29.4 Å². The van der Waals surface area contributed by atoms with Gasteiger partial charge in [-0.3, -0.25) is 14.4 Å². The number of hydrogen-bond donors (Lipinski definition) is 3. The first kappa shape index (κ1) is 32.9. The largest absolute Gasteiger partial charge is 0.458 e. The molecule has 0 spiro atoms. The van der Waals surface area contributed by atoms with E-state index in [9.17, 15) is 22.8 Å². The van der Waals surface area contributed by atoms with Crippen molar-refractivity contribution in [3.05, 3.63) is 117 Å². The minimum absolute atomic E-state index is 0.0332. The molecule has 228 valence electrons. The predicted octanol–water partition coefficient (Wildman–Crippen LogP) is 4.95. The standard InChI is InChI=1S/C29H24BrCl2N5O6S/c30-20-6-10-26(11-7-20)44(41,42)37(17-19-4-2-1-3-5-19)18-27(38)36-34-16-25-9-8-24(43-25)15-33-28(39)29(40)35-23-13-21(31)12-22(32)14-23/h1-14,16H,15,17-18H2,(H,33,39)(H,35,40)(H,36,38)/b34-16-. The smallest absolute Gasteiger partial charge is 0.313 e. The van der Waals surface area contributed by atoms with Gasteiger partial charge in [0.05, 0.1) is 24.2 Å². The van der Waals surface area contributed by atoms with E-state index in [0.29, 0.717) is 25.8 Å². The fraction of sp³-hybridized carbons (Fsp3) is 0.103. The lowest BCUT2D eigenvalue weighted by atomic mass is 10.2. The number of anilines is 1. The maximum atomic E-state index is 13.4. The molecule has 0 unspecified atom stereocenters. The third-order valence-electron chi connectivity index (χ3n) is 5.79. The van der Waals surface area contributed by atoms with Crippen molar-refractivity contribution in [3.63, 3.8) is 0 Å². The maximum absolute atomic E-state index is 13.4. The Balaban J connectivity index is 1.32. The molecule has 0 aliphatic rings. The summed E-state index contributed by atoms with van der Waals surface area (Å²) in [4.78, 5) is 37.1. The van der Waals surface area contributed by atoms with Crippen LogP contribution in [0.2, 0.25) is 10.0 Å². The van der Waals surface area contributed by atoms with Gasteiger partial charge in [0.25, 0.3) is 5.91 Å². The van der Waals surface area contributed by atoms with Crippen LogP contribution >= 0.6 is 39.1 Å². The molecule has 0 saturated heterocycles. The molecule has 0 saturated carbocycles. The number of sulfonamides is 1. The first-order valence-electron chi connectivity index (χ1n) is 12.7. The molecule has 4 rings (SSSR count). The molecule has 4 aromatic rings. The van der Waals surface area contributed by atoms with Gasteiger partial charge in [-0.1, -0.05) is 69.5 Å². The Labute approximate surface area is 271 Å². The zero-order valence-corrected chi connectivity index (χ0v) is 26.6. The summed E-state index contributed by atoms with van der Waals surface area (Å²) in [5.41, 5.74) is 3.26. The van der Waals surface area contributed by atoms with Crippen LogP contribution in [0.4, 0.5) is 5.69 Å². The van der Waals surface area contributed by atoms with Gasteiger partial charge >= 0.3 is 11.8 Å². The summed E-state index contributed by atoms with van der Waals surface area (Å²) in [7, 11) is -4.02. The average Bonchev–Trinajstić information content (AvgIpc) is 3.43. The van der Waals surface area contributed by atoms with Crippen molar-refractivity contribution in [2.24, 2.45) is 5.10 Å². The van der Waals surface area contributed by atoms with E-state index in [1.54, 1.807) is 42.5 Å². The molecule has 0 fully saturated rings. The molecule has 0 atom stereocenters. The lowest BCUT2D eigenvalue weighted by Crippen LogP contribution is -2.39. The van der Waals surface area contributed by atoms with Crippen LogP contribution in [0.25, 0.3) is 0 Å². The lowest BCUT2D eigenvalue weighted by Gasteiger charge is -2.21. The number of hydrazone groups is 1. The Bertz CT molecular complexity index is 1760. The number of carbonyl (C=O) groups is 3. The second kappa shape index (κ2) is 15.1. The van der Waals surface area contributed by atoms with Gasteiger partial charge < -0.3 is 15.1 Å². The first-order valence-corrected chi connectivity index (χ1v) is 15.7. The Morgan fingerprint density at radius 1 is 0.909 bits per heavy atom. The molecule has 0 radical (unpaired) electrons. The zero-order valence-electron chi connectivity index (χ0n) is 22.7. The number of nitrogens with one attached hydrogen (secondary N) is 3. The SMILES string of the molecule is O=C(CN(Cc1ccccc1)S(=O)(=O)c1ccc(Br)cc1)N/N=C\c1ccc(CNC(=O)C(=O)Nc2cc(Cl)cc(Cl)c2)o1.